The molecule has 2 aromatic heterocycles. The number of aromatic nitrogens is 3. The van der Waals surface area contributed by atoms with Crippen LogP contribution in [0.2, 0.25) is 0 Å². The number of pyridine rings is 1. The molecule has 1 N–H and O–H groups in total. The van der Waals surface area contributed by atoms with E-state index in [1.165, 1.54) is 18.5 Å². The van der Waals surface area contributed by atoms with Crippen molar-refractivity contribution in [1.82, 2.24) is 19.9 Å². The van der Waals surface area contributed by atoms with E-state index < -0.39 is 5.82 Å². The van der Waals surface area contributed by atoms with Gasteiger partial charge in [0, 0.05) is 37.8 Å². The summed E-state index contributed by atoms with van der Waals surface area (Å²) in [5, 5.41) is 12.2. The second-order valence-corrected chi connectivity index (χ2v) is 6.91. The van der Waals surface area contributed by atoms with Crippen molar-refractivity contribution >= 4 is 17.3 Å². The second-order valence-electron chi connectivity index (χ2n) is 6.91. The Labute approximate surface area is 168 Å². The average molecular weight is 389 g/mol. The predicted molar refractivity (Wildman–Crippen MR) is 109 cm³/mol. The van der Waals surface area contributed by atoms with Crippen molar-refractivity contribution in [3.63, 3.8) is 0 Å². The van der Waals surface area contributed by atoms with Crippen molar-refractivity contribution in [2.75, 3.05) is 43.4 Å². The lowest BCUT2D eigenvalue weighted by molar-refractivity contribution is 0.313. The lowest BCUT2D eigenvalue weighted by atomic mass is 10.1. The normalized spacial score (nSPS) is 14.4. The fourth-order valence-corrected chi connectivity index (χ4v) is 3.20. The maximum Gasteiger partial charge on any atom is 0.140 e. The zero-order chi connectivity index (χ0) is 20.2. The zero-order valence-corrected chi connectivity index (χ0v) is 16.0. The SMILES string of the molecule is CN1CCN(c2ccc(Nc3cc(-c4ccc(F)c(C#N)c4)ncn3)nc2)CC1. The van der Waals surface area contributed by atoms with Crippen LogP contribution in [0.25, 0.3) is 11.3 Å². The summed E-state index contributed by atoms with van der Waals surface area (Å²) < 4.78 is 13.6. The largest absolute Gasteiger partial charge is 0.368 e. The van der Waals surface area contributed by atoms with Crippen LogP contribution in [0.3, 0.4) is 0 Å². The molecule has 7 nitrogen and oxygen atoms in total. The first kappa shape index (κ1) is 18.8. The van der Waals surface area contributed by atoms with Crippen LogP contribution in [-0.4, -0.2) is 53.1 Å². The van der Waals surface area contributed by atoms with E-state index in [2.05, 4.69) is 37.1 Å². The van der Waals surface area contributed by atoms with E-state index in [1.807, 2.05) is 24.4 Å². The van der Waals surface area contributed by atoms with Crippen molar-refractivity contribution < 1.29 is 4.39 Å². The van der Waals surface area contributed by atoms with Crippen molar-refractivity contribution in [1.29, 1.82) is 5.26 Å². The molecule has 29 heavy (non-hydrogen) atoms. The summed E-state index contributed by atoms with van der Waals surface area (Å²) in [6, 6.07) is 11.9. The standard InChI is InChI=1S/C21H20FN7/c1-28-6-8-29(9-7-28)17-3-5-20(24-13-17)27-21-11-19(25-14-26-21)15-2-4-18(22)16(10-15)12-23/h2-5,10-11,13-14H,6-9H2,1H3,(H,24,25,26,27). The number of rotatable bonds is 4. The van der Waals surface area contributed by atoms with Crippen molar-refractivity contribution in [3.05, 3.63) is 60.3 Å². The Balaban J connectivity index is 1.49. The summed E-state index contributed by atoms with van der Waals surface area (Å²) in [6.07, 6.45) is 3.28. The van der Waals surface area contributed by atoms with Crippen LogP contribution in [0.5, 0.6) is 0 Å². The fourth-order valence-electron chi connectivity index (χ4n) is 3.20. The third-order valence-corrected chi connectivity index (χ3v) is 4.92. The lowest BCUT2D eigenvalue weighted by Crippen LogP contribution is -2.44. The number of halogens is 1. The topological polar surface area (TPSA) is 81.0 Å². The highest BCUT2D eigenvalue weighted by Crippen LogP contribution is 2.23. The number of nitriles is 1. The first-order valence-electron chi connectivity index (χ1n) is 9.31. The molecule has 0 atom stereocenters. The van der Waals surface area contributed by atoms with Crippen LogP contribution in [0.1, 0.15) is 5.56 Å². The average Bonchev–Trinajstić information content (AvgIpc) is 2.75. The molecule has 1 aromatic carbocycles. The van der Waals surface area contributed by atoms with Crippen LogP contribution in [0, 0.1) is 17.1 Å². The summed E-state index contributed by atoms with van der Waals surface area (Å²) in [5.74, 6) is 0.690. The molecule has 146 valence electrons. The molecule has 1 aliphatic rings. The predicted octanol–water partition coefficient (Wildman–Crippen LogP) is 3.04. The van der Waals surface area contributed by atoms with Gasteiger partial charge in [0.2, 0.25) is 0 Å². The first-order valence-corrected chi connectivity index (χ1v) is 9.31. The third-order valence-electron chi connectivity index (χ3n) is 4.92. The van der Waals surface area contributed by atoms with E-state index in [0.29, 0.717) is 22.9 Å². The summed E-state index contributed by atoms with van der Waals surface area (Å²) >= 11 is 0. The second kappa shape index (κ2) is 8.20. The molecule has 0 bridgehead atoms. The van der Waals surface area contributed by atoms with Gasteiger partial charge < -0.3 is 15.1 Å². The number of nitrogens with zero attached hydrogens (tertiary/aromatic N) is 6. The molecule has 0 amide bonds. The number of nitrogens with one attached hydrogen (secondary N) is 1. The number of anilines is 3. The van der Waals surface area contributed by atoms with E-state index in [0.717, 1.165) is 31.9 Å². The Morgan fingerprint density at radius 3 is 2.55 bits per heavy atom. The van der Waals surface area contributed by atoms with Gasteiger partial charge in [-0.3, -0.25) is 0 Å². The molecule has 1 aliphatic heterocycles. The maximum absolute atomic E-state index is 13.6. The van der Waals surface area contributed by atoms with Gasteiger partial charge in [0.15, 0.2) is 0 Å². The number of benzene rings is 1. The molecular weight excluding hydrogens is 369 g/mol. The van der Waals surface area contributed by atoms with Gasteiger partial charge in [-0.1, -0.05) is 0 Å². The number of hydrogen-bond acceptors (Lipinski definition) is 7. The monoisotopic (exact) mass is 389 g/mol. The molecule has 1 fully saturated rings. The van der Waals surface area contributed by atoms with E-state index in [-0.39, 0.29) is 5.56 Å². The highest BCUT2D eigenvalue weighted by Gasteiger charge is 2.14. The molecular formula is C21H20FN7. The number of piperazine rings is 1. The van der Waals surface area contributed by atoms with E-state index in [1.54, 1.807) is 12.1 Å². The smallest absolute Gasteiger partial charge is 0.140 e. The van der Waals surface area contributed by atoms with E-state index in [9.17, 15) is 4.39 Å². The minimum Gasteiger partial charge on any atom is -0.368 e. The molecule has 1 saturated heterocycles. The van der Waals surface area contributed by atoms with Gasteiger partial charge in [0.25, 0.3) is 0 Å². The van der Waals surface area contributed by atoms with Crippen molar-refractivity contribution in [3.8, 4) is 17.3 Å². The molecule has 3 aromatic rings. The Bertz CT molecular complexity index is 1040. The van der Waals surface area contributed by atoms with Crippen LogP contribution < -0.4 is 10.2 Å². The third kappa shape index (κ3) is 4.31. The van der Waals surface area contributed by atoms with E-state index >= 15 is 0 Å². The van der Waals surface area contributed by atoms with Crippen LogP contribution in [-0.2, 0) is 0 Å². The van der Waals surface area contributed by atoms with Gasteiger partial charge >= 0.3 is 0 Å². The first-order chi connectivity index (χ1) is 14.1. The number of likely N-dealkylation sites (N-methyl/N-ethyl adjacent to an activating group) is 1. The van der Waals surface area contributed by atoms with Crippen molar-refractivity contribution in [2.24, 2.45) is 0 Å². The fraction of sp³-hybridized carbons (Fsp3) is 0.238. The van der Waals surface area contributed by atoms with Crippen LogP contribution in [0.4, 0.5) is 21.7 Å². The maximum atomic E-state index is 13.6. The minimum atomic E-state index is -0.548. The molecule has 0 radical (unpaired) electrons. The number of hydrogen-bond donors (Lipinski definition) is 1. The van der Waals surface area contributed by atoms with Crippen molar-refractivity contribution in [2.45, 2.75) is 0 Å². The Kier molecular flexibility index (Phi) is 5.31. The van der Waals surface area contributed by atoms with E-state index in [4.69, 9.17) is 5.26 Å². The van der Waals surface area contributed by atoms with Crippen LogP contribution in [0.15, 0.2) is 48.9 Å². The van der Waals surface area contributed by atoms with Crippen LogP contribution >= 0.6 is 0 Å². The quantitative estimate of drug-likeness (QED) is 0.734. The van der Waals surface area contributed by atoms with Gasteiger partial charge in [-0.2, -0.15) is 5.26 Å². The summed E-state index contributed by atoms with van der Waals surface area (Å²) in [6.45, 7) is 4.06. The zero-order valence-electron chi connectivity index (χ0n) is 16.0. The lowest BCUT2D eigenvalue weighted by Gasteiger charge is -2.33. The molecule has 0 spiro atoms. The molecule has 8 heteroatoms. The highest BCUT2D eigenvalue weighted by atomic mass is 19.1. The minimum absolute atomic E-state index is 0.0169. The van der Waals surface area contributed by atoms with Gasteiger partial charge in [0.05, 0.1) is 23.1 Å². The highest BCUT2D eigenvalue weighted by molar-refractivity contribution is 5.66. The molecule has 3 heterocycles. The van der Waals surface area contributed by atoms with Gasteiger partial charge in [-0.15, -0.1) is 0 Å². The summed E-state index contributed by atoms with van der Waals surface area (Å²) in [5.41, 5.74) is 2.32. The Morgan fingerprint density at radius 2 is 1.83 bits per heavy atom. The molecule has 0 unspecified atom stereocenters. The summed E-state index contributed by atoms with van der Waals surface area (Å²) in [4.78, 5) is 17.6. The van der Waals surface area contributed by atoms with Gasteiger partial charge in [-0.25, -0.2) is 19.3 Å². The van der Waals surface area contributed by atoms with Gasteiger partial charge in [0.1, 0.15) is 29.8 Å². The molecule has 4 rings (SSSR count). The Morgan fingerprint density at radius 1 is 1.00 bits per heavy atom. The Hall–Kier alpha value is -3.57. The van der Waals surface area contributed by atoms with Gasteiger partial charge in [-0.05, 0) is 37.4 Å². The molecule has 0 aliphatic carbocycles. The summed E-state index contributed by atoms with van der Waals surface area (Å²) in [7, 11) is 2.13. The molecule has 0 saturated carbocycles.